The second-order valence-electron chi connectivity index (χ2n) is 5.07. The molecule has 0 spiro atoms. The number of rotatable bonds is 11. The van der Waals surface area contributed by atoms with Crippen LogP contribution in [0, 0.1) is 23.7 Å². The number of methoxy groups -OCH3 is 1. The molecule has 0 rings (SSSR count). The van der Waals surface area contributed by atoms with Crippen molar-refractivity contribution < 1.29 is 14.3 Å². The molecule has 0 saturated carbocycles. The second kappa shape index (κ2) is 18.1. The van der Waals surface area contributed by atoms with Gasteiger partial charge in [0.15, 0.2) is 6.79 Å². The normalized spacial score (nSPS) is 8.78. The molecule has 126 valence electrons. The number of allylic oxidation sites excluding steroid dienone is 1. The van der Waals surface area contributed by atoms with Crippen molar-refractivity contribution >= 4 is 5.97 Å². The van der Waals surface area contributed by atoms with Crippen LogP contribution in [-0.4, -0.2) is 19.9 Å². The number of carbonyl (C=O) groups is 1. The van der Waals surface area contributed by atoms with Crippen LogP contribution in [0.5, 0.6) is 0 Å². The zero-order chi connectivity index (χ0) is 17.0. The van der Waals surface area contributed by atoms with E-state index in [4.69, 9.17) is 4.74 Å². The second-order valence-corrected chi connectivity index (χ2v) is 5.07. The van der Waals surface area contributed by atoms with Crippen molar-refractivity contribution in [2.24, 2.45) is 0 Å². The average molecular weight is 316 g/mol. The summed E-state index contributed by atoms with van der Waals surface area (Å²) in [5.41, 5.74) is 3.05. The first-order valence-electron chi connectivity index (χ1n) is 8.33. The molecule has 0 atom stereocenters. The monoisotopic (exact) mass is 316 g/mol. The van der Waals surface area contributed by atoms with Crippen LogP contribution in [0.1, 0.15) is 64.7 Å². The van der Waals surface area contributed by atoms with Crippen molar-refractivity contribution in [1.29, 1.82) is 0 Å². The van der Waals surface area contributed by atoms with E-state index in [0.717, 1.165) is 44.9 Å². The minimum atomic E-state index is -0.180. The Morgan fingerprint density at radius 2 is 1.87 bits per heavy atom. The minimum absolute atomic E-state index is 0.0500. The van der Waals surface area contributed by atoms with Crippen LogP contribution in [0.2, 0.25) is 0 Å². The van der Waals surface area contributed by atoms with E-state index < -0.39 is 0 Å². The van der Waals surface area contributed by atoms with E-state index in [1.807, 2.05) is 6.08 Å². The van der Waals surface area contributed by atoms with Crippen LogP contribution >= 0.6 is 0 Å². The third-order valence-electron chi connectivity index (χ3n) is 2.94. The smallest absolute Gasteiger partial charge is 0.307 e. The van der Waals surface area contributed by atoms with E-state index in [9.17, 15) is 4.79 Å². The van der Waals surface area contributed by atoms with Crippen molar-refractivity contribution in [3.05, 3.63) is 17.9 Å². The largest absolute Gasteiger partial charge is 0.438 e. The summed E-state index contributed by atoms with van der Waals surface area (Å²) in [7, 11) is 1.51. The molecule has 0 unspecified atom stereocenters. The number of hydrogen-bond acceptors (Lipinski definition) is 3. The van der Waals surface area contributed by atoms with Gasteiger partial charge in [0.05, 0.1) is 0 Å². The maximum atomic E-state index is 11.2. The summed E-state index contributed by atoms with van der Waals surface area (Å²) in [5, 5.41) is 0. The highest BCUT2D eigenvalue weighted by Crippen LogP contribution is 2.08. The van der Waals surface area contributed by atoms with Gasteiger partial charge in [-0.2, -0.15) is 0 Å². The standard InChI is InChI=1S/C20H28O3/c1-3-4-5-6-7-8-9-10-11-12-13-14-15-16-17-18-20(21)23-19-22-2/h9,11H,3-4,12-19H2,1-2H3. The van der Waals surface area contributed by atoms with Gasteiger partial charge in [0.2, 0.25) is 0 Å². The summed E-state index contributed by atoms with van der Waals surface area (Å²) in [6.45, 7) is 2.15. The molecule has 0 aromatic carbocycles. The molecule has 0 amide bonds. The number of hydrogen-bond donors (Lipinski definition) is 0. The number of unbranched alkanes of at least 4 members (excludes halogenated alkanes) is 6. The van der Waals surface area contributed by atoms with Crippen LogP contribution in [0.4, 0.5) is 0 Å². The predicted octanol–water partition coefficient (Wildman–Crippen LogP) is 4.38. The Labute approximate surface area is 141 Å². The van der Waals surface area contributed by atoms with E-state index >= 15 is 0 Å². The molecule has 0 aliphatic rings. The first-order chi connectivity index (χ1) is 11.3. The van der Waals surface area contributed by atoms with Gasteiger partial charge in [0.1, 0.15) is 0 Å². The number of esters is 1. The van der Waals surface area contributed by atoms with Crippen LogP contribution < -0.4 is 0 Å². The Kier molecular flexibility index (Phi) is 16.6. The molecule has 0 aliphatic carbocycles. The Bertz CT molecular complexity index is 476. The fraction of sp³-hybridized carbons (Fsp3) is 0.600. The topological polar surface area (TPSA) is 35.5 Å². The van der Waals surface area contributed by atoms with Gasteiger partial charge >= 0.3 is 5.97 Å². The van der Waals surface area contributed by atoms with Gasteiger partial charge in [-0.1, -0.05) is 38.0 Å². The van der Waals surface area contributed by atoms with Crippen molar-refractivity contribution in [1.82, 2.24) is 0 Å². The van der Waals surface area contributed by atoms with Crippen LogP contribution in [0.15, 0.2) is 17.9 Å². The predicted molar refractivity (Wildman–Crippen MR) is 93.4 cm³/mol. The lowest BCUT2D eigenvalue weighted by Gasteiger charge is -2.02. The zero-order valence-corrected chi connectivity index (χ0v) is 14.5. The minimum Gasteiger partial charge on any atom is -0.438 e. The first kappa shape index (κ1) is 21.1. The molecule has 3 heteroatoms. The van der Waals surface area contributed by atoms with Crippen LogP contribution in [-0.2, 0) is 14.3 Å². The van der Waals surface area contributed by atoms with E-state index in [2.05, 4.69) is 41.1 Å². The highest BCUT2D eigenvalue weighted by molar-refractivity contribution is 5.69. The molecule has 0 bridgehead atoms. The van der Waals surface area contributed by atoms with Crippen LogP contribution in [0.3, 0.4) is 0 Å². The Morgan fingerprint density at radius 3 is 2.65 bits per heavy atom. The molecule has 0 heterocycles. The van der Waals surface area contributed by atoms with E-state index in [1.54, 1.807) is 6.08 Å². The summed E-state index contributed by atoms with van der Waals surface area (Å²) in [6.07, 6.45) is 12.6. The molecule has 0 radical (unpaired) electrons. The summed E-state index contributed by atoms with van der Waals surface area (Å²) in [6, 6.07) is 0. The maximum absolute atomic E-state index is 11.2. The van der Waals surface area contributed by atoms with E-state index in [-0.39, 0.29) is 12.8 Å². The van der Waals surface area contributed by atoms with E-state index in [0.29, 0.717) is 6.42 Å². The molecular weight excluding hydrogens is 288 g/mol. The van der Waals surface area contributed by atoms with Gasteiger partial charge in [-0.3, -0.25) is 4.79 Å². The molecule has 23 heavy (non-hydrogen) atoms. The third kappa shape index (κ3) is 18.0. The van der Waals surface area contributed by atoms with Crippen molar-refractivity contribution in [3.63, 3.8) is 0 Å². The molecule has 0 aromatic heterocycles. The lowest BCUT2D eigenvalue weighted by atomic mass is 10.1. The number of ether oxygens (including phenoxy) is 2. The molecule has 3 nitrogen and oxygen atoms in total. The summed E-state index contributed by atoms with van der Waals surface area (Å²) >= 11 is 0. The van der Waals surface area contributed by atoms with Gasteiger partial charge in [0.25, 0.3) is 0 Å². The molecule has 0 saturated heterocycles. The number of carbonyl (C=O) groups excluding carboxylic acids is 1. The van der Waals surface area contributed by atoms with Gasteiger partial charge in [-0.25, -0.2) is 0 Å². The Balaban J connectivity index is 3.47. The van der Waals surface area contributed by atoms with Gasteiger partial charge in [0, 0.05) is 26.0 Å². The van der Waals surface area contributed by atoms with Gasteiger partial charge < -0.3 is 9.47 Å². The molecular formula is C20H28O3. The summed E-state index contributed by atoms with van der Waals surface area (Å²) in [4.78, 5) is 11.2. The third-order valence-corrected chi connectivity index (χ3v) is 2.94. The van der Waals surface area contributed by atoms with Crippen LogP contribution in [0.25, 0.3) is 0 Å². The molecule has 0 fully saturated rings. The van der Waals surface area contributed by atoms with Crippen molar-refractivity contribution in [2.75, 3.05) is 13.9 Å². The maximum Gasteiger partial charge on any atom is 0.307 e. The molecule has 0 aliphatic heterocycles. The lowest BCUT2D eigenvalue weighted by molar-refractivity contribution is -0.154. The fourth-order valence-electron chi connectivity index (χ4n) is 1.73. The van der Waals surface area contributed by atoms with Crippen molar-refractivity contribution in [3.8, 4) is 23.7 Å². The summed E-state index contributed by atoms with van der Waals surface area (Å²) in [5.74, 6) is 11.2. The molecule has 0 N–H and O–H groups in total. The molecule has 0 aromatic rings. The first-order valence-corrected chi connectivity index (χ1v) is 8.33. The SMILES string of the molecule is CCCC#CC#CC=C=CCCCCCCCC(=O)OCOC. The average Bonchev–Trinajstić information content (AvgIpc) is 2.56. The van der Waals surface area contributed by atoms with Gasteiger partial charge in [-0.05, 0) is 43.6 Å². The Hall–Kier alpha value is -1.93. The highest BCUT2D eigenvalue weighted by Gasteiger charge is 2.01. The summed E-state index contributed by atoms with van der Waals surface area (Å²) < 4.78 is 9.48. The van der Waals surface area contributed by atoms with Gasteiger partial charge in [-0.15, -0.1) is 5.73 Å². The lowest BCUT2D eigenvalue weighted by Crippen LogP contribution is -2.06. The van der Waals surface area contributed by atoms with Crippen molar-refractivity contribution in [2.45, 2.75) is 64.7 Å². The Morgan fingerprint density at radius 1 is 1.09 bits per heavy atom. The fourth-order valence-corrected chi connectivity index (χ4v) is 1.73. The zero-order valence-electron chi connectivity index (χ0n) is 14.5. The quantitative estimate of drug-likeness (QED) is 0.186. The van der Waals surface area contributed by atoms with E-state index in [1.165, 1.54) is 13.5 Å². The highest BCUT2D eigenvalue weighted by atomic mass is 16.7.